The molecular formula is C7H6ClNO2. The van der Waals surface area contributed by atoms with Crippen LogP contribution in [-0.2, 0) is 4.79 Å². The first kappa shape index (κ1) is 7.88. The molecule has 0 fully saturated rings. The third-order valence-corrected chi connectivity index (χ3v) is 1.21. The van der Waals surface area contributed by atoms with Crippen molar-refractivity contribution in [1.29, 1.82) is 0 Å². The van der Waals surface area contributed by atoms with Gasteiger partial charge in [-0.2, -0.15) is 0 Å². The van der Waals surface area contributed by atoms with Crippen molar-refractivity contribution >= 4 is 23.6 Å². The Kier molecular flexibility index (Phi) is 2.33. The summed E-state index contributed by atoms with van der Waals surface area (Å²) in [5.74, 6) is -0.00803. The zero-order chi connectivity index (χ0) is 8.27. The molecule has 1 aromatic heterocycles. The van der Waals surface area contributed by atoms with Crippen LogP contribution in [-0.4, -0.2) is 5.91 Å². The van der Waals surface area contributed by atoms with E-state index in [0.29, 0.717) is 5.76 Å². The summed E-state index contributed by atoms with van der Waals surface area (Å²) in [5.41, 5.74) is 4.85. The smallest absolute Gasteiger partial charge is 0.241 e. The van der Waals surface area contributed by atoms with Crippen LogP contribution in [0.15, 0.2) is 22.6 Å². The Balaban J connectivity index is 2.71. The predicted molar refractivity (Wildman–Crippen MR) is 41.9 cm³/mol. The van der Waals surface area contributed by atoms with Crippen LogP contribution in [0.4, 0.5) is 0 Å². The van der Waals surface area contributed by atoms with E-state index in [1.54, 1.807) is 12.1 Å². The number of carbonyl (C=O) groups is 1. The highest BCUT2D eigenvalue weighted by atomic mass is 35.5. The van der Waals surface area contributed by atoms with E-state index in [0.717, 1.165) is 0 Å². The van der Waals surface area contributed by atoms with Crippen LogP contribution in [0.5, 0.6) is 0 Å². The molecule has 0 bridgehead atoms. The van der Waals surface area contributed by atoms with Crippen molar-refractivity contribution in [2.45, 2.75) is 0 Å². The molecule has 3 nitrogen and oxygen atoms in total. The number of nitrogens with two attached hydrogens (primary N) is 1. The maximum Gasteiger partial charge on any atom is 0.241 e. The topological polar surface area (TPSA) is 56.2 Å². The second-order valence-electron chi connectivity index (χ2n) is 1.88. The van der Waals surface area contributed by atoms with Crippen LogP contribution in [0.25, 0.3) is 6.08 Å². The summed E-state index contributed by atoms with van der Waals surface area (Å²) < 4.78 is 4.90. The fourth-order valence-electron chi connectivity index (χ4n) is 0.582. The normalized spacial score (nSPS) is 10.6. The Morgan fingerprint density at radius 2 is 2.36 bits per heavy atom. The molecule has 0 spiro atoms. The summed E-state index contributed by atoms with van der Waals surface area (Å²) in [4.78, 5) is 10.2. The first-order valence-electron chi connectivity index (χ1n) is 2.91. The van der Waals surface area contributed by atoms with Gasteiger partial charge in [0.15, 0.2) is 5.22 Å². The van der Waals surface area contributed by atoms with E-state index in [1.807, 2.05) is 0 Å². The largest absolute Gasteiger partial charge is 0.445 e. The molecule has 0 aromatic carbocycles. The van der Waals surface area contributed by atoms with Crippen LogP contribution in [0, 0.1) is 0 Å². The molecule has 0 saturated heterocycles. The molecule has 4 heteroatoms. The minimum absolute atomic E-state index is 0.286. The van der Waals surface area contributed by atoms with Gasteiger partial charge in [0.1, 0.15) is 5.76 Å². The monoisotopic (exact) mass is 171 g/mol. The van der Waals surface area contributed by atoms with E-state index < -0.39 is 5.91 Å². The van der Waals surface area contributed by atoms with Gasteiger partial charge in [-0.05, 0) is 29.8 Å². The fourth-order valence-corrected chi connectivity index (χ4v) is 0.734. The lowest BCUT2D eigenvalue weighted by molar-refractivity contribution is -0.113. The number of halogens is 1. The molecule has 1 heterocycles. The van der Waals surface area contributed by atoms with Crippen LogP contribution in [0.2, 0.25) is 5.22 Å². The number of carbonyl (C=O) groups excluding carboxylic acids is 1. The first-order chi connectivity index (χ1) is 5.18. The van der Waals surface area contributed by atoms with E-state index in [4.69, 9.17) is 21.8 Å². The number of hydrogen-bond acceptors (Lipinski definition) is 2. The molecule has 58 valence electrons. The third-order valence-electron chi connectivity index (χ3n) is 1.01. The summed E-state index contributed by atoms with van der Waals surface area (Å²) >= 11 is 5.46. The lowest BCUT2D eigenvalue weighted by Crippen LogP contribution is -2.04. The zero-order valence-electron chi connectivity index (χ0n) is 5.58. The van der Waals surface area contributed by atoms with Gasteiger partial charge in [0.05, 0.1) is 0 Å². The van der Waals surface area contributed by atoms with Crippen LogP contribution in [0.1, 0.15) is 5.76 Å². The predicted octanol–water partition coefficient (Wildman–Crippen LogP) is 1.43. The van der Waals surface area contributed by atoms with Gasteiger partial charge in [0.2, 0.25) is 5.91 Å². The summed E-state index contributed by atoms with van der Waals surface area (Å²) in [6.07, 6.45) is 2.66. The van der Waals surface area contributed by atoms with Gasteiger partial charge in [0.25, 0.3) is 0 Å². The van der Waals surface area contributed by atoms with Crippen molar-refractivity contribution in [3.8, 4) is 0 Å². The molecule has 0 aliphatic rings. The molecule has 0 radical (unpaired) electrons. The standard InChI is InChI=1S/C7H6ClNO2/c8-6-3-1-5(11-6)2-4-7(9)10/h1-4H,(H2,9,10). The number of furan rings is 1. The molecule has 0 unspecified atom stereocenters. The number of hydrogen-bond donors (Lipinski definition) is 1. The van der Waals surface area contributed by atoms with Crippen molar-refractivity contribution in [3.05, 3.63) is 29.2 Å². The average molecular weight is 172 g/mol. The van der Waals surface area contributed by atoms with Gasteiger partial charge < -0.3 is 10.2 Å². The Morgan fingerprint density at radius 3 is 2.82 bits per heavy atom. The molecule has 11 heavy (non-hydrogen) atoms. The van der Waals surface area contributed by atoms with Gasteiger partial charge in [0, 0.05) is 6.08 Å². The van der Waals surface area contributed by atoms with Crippen molar-refractivity contribution in [1.82, 2.24) is 0 Å². The van der Waals surface area contributed by atoms with Gasteiger partial charge in [-0.1, -0.05) is 0 Å². The van der Waals surface area contributed by atoms with Gasteiger partial charge in [-0.25, -0.2) is 0 Å². The molecule has 0 aliphatic heterocycles. The Labute approximate surface area is 68.4 Å². The number of rotatable bonds is 2. The van der Waals surface area contributed by atoms with Crippen molar-refractivity contribution in [2.24, 2.45) is 5.73 Å². The highest BCUT2D eigenvalue weighted by Gasteiger charge is 1.94. The zero-order valence-corrected chi connectivity index (χ0v) is 6.34. The maximum absolute atomic E-state index is 10.2. The molecule has 0 saturated carbocycles. The molecule has 1 rings (SSSR count). The SMILES string of the molecule is NC(=O)C=Cc1ccc(Cl)o1. The van der Waals surface area contributed by atoms with Gasteiger partial charge in [-0.3, -0.25) is 4.79 Å². The summed E-state index contributed by atoms with van der Waals surface area (Å²) in [5, 5.41) is 0.286. The van der Waals surface area contributed by atoms with Crippen LogP contribution in [0.3, 0.4) is 0 Å². The molecule has 1 aromatic rings. The number of amides is 1. The lowest BCUT2D eigenvalue weighted by atomic mass is 10.4. The van der Waals surface area contributed by atoms with Crippen molar-refractivity contribution < 1.29 is 9.21 Å². The third kappa shape index (κ3) is 2.47. The second-order valence-corrected chi connectivity index (χ2v) is 2.25. The summed E-state index contributed by atoms with van der Waals surface area (Å²) in [7, 11) is 0. The van der Waals surface area contributed by atoms with E-state index in [2.05, 4.69) is 0 Å². The van der Waals surface area contributed by atoms with E-state index >= 15 is 0 Å². The minimum Gasteiger partial charge on any atom is -0.445 e. The van der Waals surface area contributed by atoms with Gasteiger partial charge in [-0.15, -0.1) is 0 Å². The summed E-state index contributed by atoms with van der Waals surface area (Å²) in [6, 6.07) is 3.23. The molecular weight excluding hydrogens is 166 g/mol. The number of primary amides is 1. The van der Waals surface area contributed by atoms with Gasteiger partial charge >= 0.3 is 0 Å². The highest BCUT2D eigenvalue weighted by molar-refractivity contribution is 6.28. The maximum atomic E-state index is 10.2. The van der Waals surface area contributed by atoms with E-state index in [1.165, 1.54) is 12.2 Å². The Morgan fingerprint density at radius 1 is 1.64 bits per heavy atom. The Hall–Kier alpha value is -1.22. The second kappa shape index (κ2) is 3.25. The van der Waals surface area contributed by atoms with Crippen LogP contribution >= 0.6 is 11.6 Å². The average Bonchev–Trinajstić information content (AvgIpc) is 2.31. The van der Waals surface area contributed by atoms with E-state index in [-0.39, 0.29) is 5.22 Å². The van der Waals surface area contributed by atoms with Crippen molar-refractivity contribution in [2.75, 3.05) is 0 Å². The first-order valence-corrected chi connectivity index (χ1v) is 3.29. The van der Waals surface area contributed by atoms with Crippen molar-refractivity contribution in [3.63, 3.8) is 0 Å². The Bertz CT molecular complexity index is 290. The quantitative estimate of drug-likeness (QED) is 0.685. The summed E-state index contributed by atoms with van der Waals surface area (Å²) in [6.45, 7) is 0. The minimum atomic E-state index is -0.516. The molecule has 0 aliphatic carbocycles. The van der Waals surface area contributed by atoms with Crippen LogP contribution < -0.4 is 5.73 Å². The highest BCUT2D eigenvalue weighted by Crippen LogP contribution is 2.13. The molecule has 1 amide bonds. The molecule has 2 N–H and O–H groups in total. The lowest BCUT2D eigenvalue weighted by Gasteiger charge is -1.81. The van der Waals surface area contributed by atoms with E-state index in [9.17, 15) is 4.79 Å². The fraction of sp³-hybridized carbons (Fsp3) is 0. The molecule has 0 atom stereocenters.